The highest BCUT2D eigenvalue weighted by Crippen LogP contribution is 2.23. The fraction of sp³-hybridized carbons (Fsp3) is 0.533. The SMILES string of the molecule is CCNCc1cc(Cl)ccc1N(C)CC(=O)NC(C)C. The number of carbonyl (C=O) groups excluding carboxylic acids is 1. The molecular weight excluding hydrogens is 274 g/mol. The van der Waals surface area contributed by atoms with E-state index in [1.165, 1.54) is 0 Å². The van der Waals surface area contributed by atoms with E-state index in [1.54, 1.807) is 0 Å². The molecule has 1 rings (SSSR count). The fourth-order valence-corrected chi connectivity index (χ4v) is 2.19. The molecule has 0 saturated heterocycles. The molecule has 5 heteroatoms. The first-order chi connectivity index (χ1) is 9.43. The Balaban J connectivity index is 2.80. The minimum absolute atomic E-state index is 0.0202. The van der Waals surface area contributed by atoms with Gasteiger partial charge in [0, 0.05) is 30.3 Å². The van der Waals surface area contributed by atoms with Gasteiger partial charge in [-0.2, -0.15) is 0 Å². The molecule has 0 heterocycles. The first kappa shape index (κ1) is 16.8. The van der Waals surface area contributed by atoms with Gasteiger partial charge < -0.3 is 15.5 Å². The van der Waals surface area contributed by atoms with Gasteiger partial charge in [0.15, 0.2) is 0 Å². The Morgan fingerprint density at radius 3 is 2.70 bits per heavy atom. The second-order valence-electron chi connectivity index (χ2n) is 5.13. The molecule has 20 heavy (non-hydrogen) atoms. The van der Waals surface area contributed by atoms with Crippen molar-refractivity contribution in [2.75, 3.05) is 25.0 Å². The minimum atomic E-state index is 0.0202. The number of hydrogen-bond donors (Lipinski definition) is 2. The molecule has 0 aliphatic rings. The number of benzene rings is 1. The van der Waals surface area contributed by atoms with Gasteiger partial charge >= 0.3 is 0 Å². The highest BCUT2D eigenvalue weighted by atomic mass is 35.5. The van der Waals surface area contributed by atoms with Gasteiger partial charge in [-0.05, 0) is 44.2 Å². The summed E-state index contributed by atoms with van der Waals surface area (Å²) in [5.74, 6) is 0.0202. The summed E-state index contributed by atoms with van der Waals surface area (Å²) < 4.78 is 0. The van der Waals surface area contributed by atoms with Crippen molar-refractivity contribution in [3.8, 4) is 0 Å². The van der Waals surface area contributed by atoms with E-state index in [1.807, 2.05) is 44.0 Å². The van der Waals surface area contributed by atoms with Gasteiger partial charge in [0.25, 0.3) is 0 Å². The van der Waals surface area contributed by atoms with Crippen LogP contribution in [-0.4, -0.2) is 32.1 Å². The number of nitrogens with zero attached hydrogens (tertiary/aromatic N) is 1. The van der Waals surface area contributed by atoms with Crippen LogP contribution in [0.15, 0.2) is 18.2 Å². The summed E-state index contributed by atoms with van der Waals surface area (Å²) in [4.78, 5) is 13.8. The summed E-state index contributed by atoms with van der Waals surface area (Å²) in [5, 5.41) is 6.89. The van der Waals surface area contributed by atoms with Crippen LogP contribution in [0.1, 0.15) is 26.3 Å². The topological polar surface area (TPSA) is 44.4 Å². The lowest BCUT2D eigenvalue weighted by Crippen LogP contribution is -2.39. The number of nitrogens with one attached hydrogen (secondary N) is 2. The van der Waals surface area contributed by atoms with Crippen molar-refractivity contribution in [2.45, 2.75) is 33.4 Å². The molecule has 0 aliphatic carbocycles. The summed E-state index contributed by atoms with van der Waals surface area (Å²) in [6.45, 7) is 7.93. The fourth-order valence-electron chi connectivity index (χ4n) is 2.00. The van der Waals surface area contributed by atoms with Gasteiger partial charge in [-0.1, -0.05) is 18.5 Å². The molecule has 4 nitrogen and oxygen atoms in total. The molecule has 0 aromatic heterocycles. The lowest BCUT2D eigenvalue weighted by Gasteiger charge is -2.23. The van der Waals surface area contributed by atoms with Crippen LogP contribution in [0.25, 0.3) is 0 Å². The molecule has 112 valence electrons. The van der Waals surface area contributed by atoms with E-state index < -0.39 is 0 Å². The minimum Gasteiger partial charge on any atom is -0.365 e. The maximum atomic E-state index is 11.8. The van der Waals surface area contributed by atoms with Crippen molar-refractivity contribution in [2.24, 2.45) is 0 Å². The Morgan fingerprint density at radius 1 is 1.40 bits per heavy atom. The number of carbonyl (C=O) groups is 1. The molecule has 0 spiro atoms. The Bertz CT molecular complexity index is 449. The van der Waals surface area contributed by atoms with Crippen LogP contribution >= 0.6 is 11.6 Å². The smallest absolute Gasteiger partial charge is 0.239 e. The lowest BCUT2D eigenvalue weighted by molar-refractivity contribution is -0.120. The molecule has 0 saturated carbocycles. The van der Waals surface area contributed by atoms with Crippen LogP contribution in [0, 0.1) is 0 Å². The van der Waals surface area contributed by atoms with Crippen LogP contribution in [-0.2, 0) is 11.3 Å². The molecule has 0 unspecified atom stereocenters. The van der Waals surface area contributed by atoms with Crippen molar-refractivity contribution < 1.29 is 4.79 Å². The van der Waals surface area contributed by atoms with Gasteiger partial charge in [0.05, 0.1) is 6.54 Å². The molecule has 0 bridgehead atoms. The van der Waals surface area contributed by atoms with E-state index >= 15 is 0 Å². The normalized spacial score (nSPS) is 10.7. The third-order valence-corrected chi connectivity index (χ3v) is 3.08. The number of anilines is 1. The Labute approximate surface area is 126 Å². The zero-order valence-corrected chi connectivity index (χ0v) is 13.4. The standard InChI is InChI=1S/C15H24ClN3O/c1-5-17-9-12-8-13(16)6-7-14(12)19(4)10-15(20)18-11(2)3/h6-8,11,17H,5,9-10H2,1-4H3,(H,18,20). The highest BCUT2D eigenvalue weighted by molar-refractivity contribution is 6.30. The second kappa shape index (κ2) is 8.12. The zero-order valence-electron chi connectivity index (χ0n) is 12.7. The third-order valence-electron chi connectivity index (χ3n) is 2.85. The van der Waals surface area contributed by atoms with E-state index in [0.717, 1.165) is 24.3 Å². The third kappa shape index (κ3) is 5.39. The predicted molar refractivity (Wildman–Crippen MR) is 85.4 cm³/mol. The average molecular weight is 298 g/mol. The van der Waals surface area contributed by atoms with E-state index in [0.29, 0.717) is 11.6 Å². The molecule has 0 fully saturated rings. The van der Waals surface area contributed by atoms with Crippen molar-refractivity contribution >= 4 is 23.2 Å². The van der Waals surface area contributed by atoms with Crippen LogP contribution < -0.4 is 15.5 Å². The van der Waals surface area contributed by atoms with E-state index in [9.17, 15) is 4.79 Å². The maximum absolute atomic E-state index is 11.8. The van der Waals surface area contributed by atoms with Gasteiger partial charge in [-0.15, -0.1) is 0 Å². The summed E-state index contributed by atoms with van der Waals surface area (Å²) >= 11 is 6.05. The molecule has 1 amide bonds. The number of likely N-dealkylation sites (N-methyl/N-ethyl adjacent to an activating group) is 1. The van der Waals surface area contributed by atoms with Gasteiger partial charge in [-0.3, -0.25) is 4.79 Å². The van der Waals surface area contributed by atoms with E-state index in [2.05, 4.69) is 17.6 Å². The molecule has 0 radical (unpaired) electrons. The van der Waals surface area contributed by atoms with Crippen LogP contribution in [0.4, 0.5) is 5.69 Å². The number of hydrogen-bond acceptors (Lipinski definition) is 3. The molecule has 1 aromatic carbocycles. The van der Waals surface area contributed by atoms with Crippen LogP contribution in [0.3, 0.4) is 0 Å². The number of amides is 1. The van der Waals surface area contributed by atoms with Crippen LogP contribution in [0.2, 0.25) is 5.02 Å². The van der Waals surface area contributed by atoms with Gasteiger partial charge in [0.2, 0.25) is 5.91 Å². The van der Waals surface area contributed by atoms with Crippen molar-refractivity contribution in [1.82, 2.24) is 10.6 Å². The average Bonchev–Trinajstić information content (AvgIpc) is 2.35. The summed E-state index contributed by atoms with van der Waals surface area (Å²) in [6.07, 6.45) is 0. The predicted octanol–water partition coefficient (Wildman–Crippen LogP) is 2.41. The Kier molecular flexibility index (Phi) is 6.82. The maximum Gasteiger partial charge on any atom is 0.239 e. The van der Waals surface area contributed by atoms with E-state index in [-0.39, 0.29) is 11.9 Å². The van der Waals surface area contributed by atoms with Crippen molar-refractivity contribution in [1.29, 1.82) is 0 Å². The quantitative estimate of drug-likeness (QED) is 0.812. The first-order valence-electron chi connectivity index (χ1n) is 6.93. The molecule has 1 aromatic rings. The Morgan fingerprint density at radius 2 is 2.10 bits per heavy atom. The Hall–Kier alpha value is -1.26. The first-order valence-corrected chi connectivity index (χ1v) is 7.31. The van der Waals surface area contributed by atoms with Gasteiger partial charge in [-0.25, -0.2) is 0 Å². The lowest BCUT2D eigenvalue weighted by atomic mass is 10.1. The number of rotatable bonds is 7. The number of halogens is 1. The molecular formula is C15H24ClN3O. The molecule has 0 aliphatic heterocycles. The monoisotopic (exact) mass is 297 g/mol. The zero-order chi connectivity index (χ0) is 15.1. The van der Waals surface area contributed by atoms with Crippen molar-refractivity contribution in [3.63, 3.8) is 0 Å². The second-order valence-corrected chi connectivity index (χ2v) is 5.57. The van der Waals surface area contributed by atoms with E-state index in [4.69, 9.17) is 11.6 Å². The molecule has 2 N–H and O–H groups in total. The highest BCUT2D eigenvalue weighted by Gasteiger charge is 2.12. The summed E-state index contributed by atoms with van der Waals surface area (Å²) in [5.41, 5.74) is 2.12. The van der Waals surface area contributed by atoms with Crippen LogP contribution in [0.5, 0.6) is 0 Å². The van der Waals surface area contributed by atoms with Crippen molar-refractivity contribution in [3.05, 3.63) is 28.8 Å². The van der Waals surface area contributed by atoms with Gasteiger partial charge in [0.1, 0.15) is 0 Å². The summed E-state index contributed by atoms with van der Waals surface area (Å²) in [6, 6.07) is 5.90. The summed E-state index contributed by atoms with van der Waals surface area (Å²) in [7, 11) is 1.92. The largest absolute Gasteiger partial charge is 0.365 e. The molecule has 0 atom stereocenters.